The van der Waals surface area contributed by atoms with E-state index in [9.17, 15) is 43.2 Å². The van der Waals surface area contributed by atoms with E-state index < -0.39 is 97.5 Å². The summed E-state index contributed by atoms with van der Waals surface area (Å²) in [5, 5.41) is 10.6. The Morgan fingerprint density at radius 2 is 0.543 bits per heavy atom. The van der Waals surface area contributed by atoms with Crippen molar-refractivity contribution in [3.8, 4) is 0 Å². The van der Waals surface area contributed by atoms with Crippen LogP contribution in [0.2, 0.25) is 0 Å². The number of phosphoric ester groups is 2. The molecule has 0 aliphatic heterocycles. The Morgan fingerprint density at radius 3 is 0.809 bits per heavy atom. The fourth-order valence-corrected chi connectivity index (χ4v) is 13.0. The van der Waals surface area contributed by atoms with Crippen molar-refractivity contribution in [3.63, 3.8) is 0 Å². The van der Waals surface area contributed by atoms with Crippen molar-refractivity contribution in [2.24, 2.45) is 11.8 Å². The third-order valence-corrected chi connectivity index (χ3v) is 19.7. The van der Waals surface area contributed by atoms with E-state index in [1.165, 1.54) is 199 Å². The molecular weight excluding hydrogens is 1230 g/mol. The summed E-state index contributed by atoms with van der Waals surface area (Å²) < 4.78 is 68.5. The van der Waals surface area contributed by atoms with Crippen molar-refractivity contribution in [3.05, 3.63) is 0 Å². The summed E-state index contributed by atoms with van der Waals surface area (Å²) in [5.74, 6) is -0.603. The molecule has 0 rings (SSSR count). The number of unbranched alkanes of at least 4 members (excludes halogenated alkanes) is 43. The number of esters is 4. The van der Waals surface area contributed by atoms with Crippen LogP contribution in [0.3, 0.4) is 0 Å². The van der Waals surface area contributed by atoms with Crippen molar-refractivity contribution in [2.75, 3.05) is 39.6 Å². The van der Waals surface area contributed by atoms with Gasteiger partial charge in [0.1, 0.15) is 19.3 Å². The first-order valence-electron chi connectivity index (χ1n) is 39.0. The van der Waals surface area contributed by atoms with E-state index in [-0.39, 0.29) is 25.7 Å². The summed E-state index contributed by atoms with van der Waals surface area (Å²) in [6, 6.07) is 0. The van der Waals surface area contributed by atoms with Gasteiger partial charge in [-0.05, 0) is 37.5 Å². The van der Waals surface area contributed by atoms with E-state index in [0.717, 1.165) is 108 Å². The fourth-order valence-electron chi connectivity index (χ4n) is 11.4. The summed E-state index contributed by atoms with van der Waals surface area (Å²) in [4.78, 5) is 72.8. The topological polar surface area (TPSA) is 237 Å². The first kappa shape index (κ1) is 92.1. The van der Waals surface area contributed by atoms with Gasteiger partial charge >= 0.3 is 39.5 Å². The van der Waals surface area contributed by atoms with Gasteiger partial charge in [-0.3, -0.25) is 37.3 Å². The Bertz CT molecular complexity index is 1820. The van der Waals surface area contributed by atoms with Gasteiger partial charge in [0.15, 0.2) is 12.2 Å². The van der Waals surface area contributed by atoms with Gasteiger partial charge in [0.05, 0.1) is 26.4 Å². The minimum Gasteiger partial charge on any atom is -0.462 e. The molecule has 0 radical (unpaired) electrons. The molecule has 558 valence electrons. The number of aliphatic hydroxyl groups is 1. The molecule has 0 bridgehead atoms. The molecule has 19 heteroatoms. The highest BCUT2D eigenvalue weighted by atomic mass is 31.2. The molecule has 0 aromatic rings. The number of ether oxygens (including phenoxy) is 4. The third-order valence-electron chi connectivity index (χ3n) is 17.8. The number of carbonyl (C=O) groups excluding carboxylic acids is 4. The Kier molecular flexibility index (Phi) is 65.5. The van der Waals surface area contributed by atoms with E-state index in [1.807, 2.05) is 0 Å². The lowest BCUT2D eigenvalue weighted by Crippen LogP contribution is -2.30. The third kappa shape index (κ3) is 67.3. The molecular formula is C75H146O17P2. The van der Waals surface area contributed by atoms with Gasteiger partial charge in [-0.25, -0.2) is 9.13 Å². The molecule has 0 heterocycles. The van der Waals surface area contributed by atoms with Crippen LogP contribution >= 0.6 is 15.6 Å². The van der Waals surface area contributed by atoms with E-state index in [1.54, 1.807) is 0 Å². The molecule has 0 spiro atoms. The molecule has 0 saturated heterocycles. The second-order valence-corrected chi connectivity index (χ2v) is 30.7. The molecule has 94 heavy (non-hydrogen) atoms. The van der Waals surface area contributed by atoms with Crippen molar-refractivity contribution in [2.45, 2.75) is 407 Å². The van der Waals surface area contributed by atoms with Gasteiger partial charge in [-0.1, -0.05) is 337 Å². The van der Waals surface area contributed by atoms with Crippen LogP contribution in [0.5, 0.6) is 0 Å². The van der Waals surface area contributed by atoms with Crippen LogP contribution in [-0.2, 0) is 65.4 Å². The monoisotopic (exact) mass is 1380 g/mol. The van der Waals surface area contributed by atoms with Gasteiger partial charge in [0.25, 0.3) is 0 Å². The standard InChI is InChI=1S/C75H146O17P2/c1-7-10-12-14-16-18-20-22-23-24-25-26-32-36-40-48-54-60-75(80)91-70(63-85-72(77)57-51-45-38-34-31-28-27-29-33-37-43-49-55-67(4)5)65-89-93(81,82)87-61-69(76)62-88-94(83,84)90-66-71(64-86-73(78)58-52-46-42-41-44-50-56-68(6)9-3)92-74(79)59-53-47-39-35-30-21-19-17-15-13-11-8-2/h67-71,76H,7-66H2,1-6H3,(H,81,82)(H,83,84)/t68?,69-,70-,71-/m1/s1. The van der Waals surface area contributed by atoms with Crippen LogP contribution in [-0.4, -0.2) is 96.7 Å². The number of hydrogen-bond acceptors (Lipinski definition) is 15. The predicted octanol–water partition coefficient (Wildman–Crippen LogP) is 21.9. The number of phosphoric acid groups is 2. The van der Waals surface area contributed by atoms with Crippen LogP contribution in [0.15, 0.2) is 0 Å². The number of hydrogen-bond donors (Lipinski definition) is 3. The molecule has 0 amide bonds. The normalized spacial score (nSPS) is 14.3. The van der Waals surface area contributed by atoms with Crippen molar-refractivity contribution in [1.29, 1.82) is 0 Å². The summed E-state index contributed by atoms with van der Waals surface area (Å²) in [6.45, 7) is 9.56. The lowest BCUT2D eigenvalue weighted by molar-refractivity contribution is -0.161. The molecule has 6 atom stereocenters. The molecule has 0 saturated carbocycles. The number of rotatable bonds is 74. The van der Waals surface area contributed by atoms with Gasteiger partial charge in [0.2, 0.25) is 0 Å². The van der Waals surface area contributed by atoms with Gasteiger partial charge < -0.3 is 33.8 Å². The molecule has 0 aliphatic rings. The Morgan fingerprint density at radius 1 is 0.309 bits per heavy atom. The van der Waals surface area contributed by atoms with E-state index in [2.05, 4.69) is 41.5 Å². The molecule has 0 fully saturated rings. The summed E-state index contributed by atoms with van der Waals surface area (Å²) in [6.07, 6.45) is 54.0. The highest BCUT2D eigenvalue weighted by molar-refractivity contribution is 7.47. The first-order chi connectivity index (χ1) is 45.4. The lowest BCUT2D eigenvalue weighted by Gasteiger charge is -2.21. The Hall–Kier alpha value is -1.94. The average molecular weight is 1380 g/mol. The summed E-state index contributed by atoms with van der Waals surface area (Å²) in [7, 11) is -9.91. The fraction of sp³-hybridized carbons (Fsp3) is 0.947. The Balaban J connectivity index is 5.25. The molecule has 3 unspecified atom stereocenters. The maximum absolute atomic E-state index is 13.1. The quantitative estimate of drug-likeness (QED) is 0.0222. The zero-order valence-corrected chi connectivity index (χ0v) is 63.1. The number of aliphatic hydroxyl groups excluding tert-OH is 1. The molecule has 0 aromatic heterocycles. The molecule has 17 nitrogen and oxygen atoms in total. The minimum absolute atomic E-state index is 0.106. The Labute approximate surface area is 575 Å². The van der Waals surface area contributed by atoms with Crippen LogP contribution in [0.1, 0.15) is 388 Å². The lowest BCUT2D eigenvalue weighted by atomic mass is 10.00. The number of carbonyl (C=O) groups is 4. The van der Waals surface area contributed by atoms with Crippen molar-refractivity contribution >= 4 is 39.5 Å². The average Bonchev–Trinajstić information content (AvgIpc) is 3.75. The predicted molar refractivity (Wildman–Crippen MR) is 381 cm³/mol. The smallest absolute Gasteiger partial charge is 0.462 e. The van der Waals surface area contributed by atoms with Gasteiger partial charge in [-0.2, -0.15) is 0 Å². The highest BCUT2D eigenvalue weighted by Crippen LogP contribution is 2.45. The summed E-state index contributed by atoms with van der Waals surface area (Å²) in [5.41, 5.74) is 0. The molecule has 0 aliphatic carbocycles. The zero-order chi connectivity index (χ0) is 69.3. The second kappa shape index (κ2) is 66.9. The highest BCUT2D eigenvalue weighted by Gasteiger charge is 2.30. The van der Waals surface area contributed by atoms with E-state index >= 15 is 0 Å². The van der Waals surface area contributed by atoms with Crippen LogP contribution < -0.4 is 0 Å². The van der Waals surface area contributed by atoms with E-state index in [4.69, 9.17) is 37.0 Å². The SMILES string of the molecule is CCCCCCCCCCCCCCCCCCCC(=O)O[C@H](COC(=O)CCCCCCCCCCCCCCC(C)C)COP(=O)(O)OC[C@@H](O)COP(=O)(O)OC[C@@H](COC(=O)CCCCCCCCC(C)CC)OC(=O)CCCCCCCCCCCCCC. The zero-order valence-electron chi connectivity index (χ0n) is 61.3. The largest absolute Gasteiger partial charge is 0.472 e. The van der Waals surface area contributed by atoms with Crippen molar-refractivity contribution in [1.82, 2.24) is 0 Å². The van der Waals surface area contributed by atoms with Crippen LogP contribution in [0.4, 0.5) is 0 Å². The summed E-state index contributed by atoms with van der Waals surface area (Å²) >= 11 is 0. The maximum atomic E-state index is 13.1. The van der Waals surface area contributed by atoms with Gasteiger partial charge in [-0.15, -0.1) is 0 Å². The van der Waals surface area contributed by atoms with Gasteiger partial charge in [0, 0.05) is 25.7 Å². The minimum atomic E-state index is -4.96. The second-order valence-electron chi connectivity index (χ2n) is 27.8. The van der Waals surface area contributed by atoms with Crippen LogP contribution in [0.25, 0.3) is 0 Å². The maximum Gasteiger partial charge on any atom is 0.472 e. The van der Waals surface area contributed by atoms with E-state index in [0.29, 0.717) is 25.7 Å². The molecule has 0 aromatic carbocycles. The molecule has 3 N–H and O–H groups in total. The first-order valence-corrected chi connectivity index (χ1v) is 42.0. The van der Waals surface area contributed by atoms with Crippen molar-refractivity contribution < 1.29 is 80.2 Å². The van der Waals surface area contributed by atoms with Crippen LogP contribution in [0, 0.1) is 11.8 Å².